The summed E-state index contributed by atoms with van der Waals surface area (Å²) in [5.41, 5.74) is 0. The molecule has 0 radical (unpaired) electrons. The molecule has 0 spiro atoms. The Labute approximate surface area is 127 Å². The van der Waals surface area contributed by atoms with Gasteiger partial charge in [0.05, 0.1) is 6.54 Å². The molecule has 20 heavy (non-hydrogen) atoms. The van der Waals surface area contributed by atoms with E-state index in [9.17, 15) is 9.59 Å². The van der Waals surface area contributed by atoms with Crippen molar-refractivity contribution in [3.05, 3.63) is 0 Å². The summed E-state index contributed by atoms with van der Waals surface area (Å²) in [5, 5.41) is 11.9. The molecule has 2 heterocycles. The Hall–Kier alpha value is -1.14. The minimum Gasteiger partial charge on any atom is -0.345 e. The van der Waals surface area contributed by atoms with Crippen molar-refractivity contribution in [1.82, 2.24) is 21.3 Å². The molecule has 0 aliphatic carbocycles. The average molecular weight is 292 g/mol. The molecule has 2 amide bonds. The lowest BCUT2D eigenvalue weighted by molar-refractivity contribution is -0.134. The molecule has 0 bridgehead atoms. The number of hydrogen-bond acceptors (Lipinski definition) is 4. The van der Waals surface area contributed by atoms with Gasteiger partial charge in [-0.05, 0) is 11.8 Å². The molecule has 0 saturated carbocycles. The van der Waals surface area contributed by atoms with Crippen LogP contribution in [0.1, 0.15) is 33.4 Å². The van der Waals surface area contributed by atoms with Gasteiger partial charge < -0.3 is 21.3 Å². The van der Waals surface area contributed by atoms with Gasteiger partial charge in [-0.3, -0.25) is 9.59 Å². The molecule has 4 N–H and O–H groups in total. The predicted octanol–water partition coefficient (Wildman–Crippen LogP) is 0.445. The maximum Gasteiger partial charge on any atom is 0.243 e. The van der Waals surface area contributed by atoms with Crippen LogP contribution in [-0.4, -0.2) is 50.1 Å². The van der Waals surface area contributed by atoms with Crippen molar-refractivity contribution in [1.29, 1.82) is 0 Å². The SMILES string of the molecule is CC(C)[C@@H]1NC(=O)CNC1=O.CC(C)[C@H]1CNCCN1.[HH].[HH].[HH].[HH]. The zero-order valence-corrected chi connectivity index (χ0v) is 13.0. The van der Waals surface area contributed by atoms with E-state index in [-0.39, 0.29) is 36.0 Å². The number of carbonyl (C=O) groups excluding carboxylic acids is 2. The third-order valence-corrected chi connectivity index (χ3v) is 3.57. The number of piperazine rings is 2. The van der Waals surface area contributed by atoms with Crippen LogP contribution in [0.5, 0.6) is 0 Å². The van der Waals surface area contributed by atoms with E-state index < -0.39 is 0 Å². The van der Waals surface area contributed by atoms with Gasteiger partial charge in [-0.2, -0.15) is 0 Å². The van der Waals surface area contributed by atoms with Crippen LogP contribution in [0.15, 0.2) is 0 Å². The third-order valence-electron chi connectivity index (χ3n) is 3.57. The smallest absolute Gasteiger partial charge is 0.243 e. The maximum atomic E-state index is 11.1. The lowest BCUT2D eigenvalue weighted by Gasteiger charge is -2.27. The topological polar surface area (TPSA) is 82.3 Å². The Morgan fingerprint density at radius 1 is 1.10 bits per heavy atom. The first-order valence-corrected chi connectivity index (χ1v) is 7.43. The van der Waals surface area contributed by atoms with Crippen LogP contribution >= 0.6 is 0 Å². The van der Waals surface area contributed by atoms with Crippen molar-refractivity contribution in [2.24, 2.45) is 11.8 Å². The van der Waals surface area contributed by atoms with Gasteiger partial charge in [-0.15, -0.1) is 0 Å². The Bertz CT molecular complexity index is 341. The van der Waals surface area contributed by atoms with E-state index in [0.717, 1.165) is 25.6 Å². The molecule has 0 unspecified atom stereocenters. The summed E-state index contributed by atoms with van der Waals surface area (Å²) in [5.74, 6) is 0.722. The fourth-order valence-corrected chi connectivity index (χ4v) is 2.18. The summed E-state index contributed by atoms with van der Waals surface area (Å²) in [4.78, 5) is 21.9. The van der Waals surface area contributed by atoms with E-state index in [0.29, 0.717) is 6.04 Å². The second-order valence-electron chi connectivity index (χ2n) is 6.02. The number of nitrogens with one attached hydrogen (secondary N) is 4. The highest BCUT2D eigenvalue weighted by molar-refractivity contribution is 5.94. The van der Waals surface area contributed by atoms with Crippen LogP contribution in [-0.2, 0) is 9.59 Å². The van der Waals surface area contributed by atoms with Crippen LogP contribution in [0, 0.1) is 11.8 Å². The fraction of sp³-hybridized carbons (Fsp3) is 0.857. The Morgan fingerprint density at radius 2 is 1.80 bits per heavy atom. The summed E-state index contributed by atoms with van der Waals surface area (Å²) in [6.07, 6.45) is 0. The molecular formula is C14H36N4O2. The molecule has 6 nitrogen and oxygen atoms in total. The first-order chi connectivity index (χ1) is 9.41. The zero-order chi connectivity index (χ0) is 15.1. The van der Waals surface area contributed by atoms with Crippen LogP contribution in [0.3, 0.4) is 0 Å². The van der Waals surface area contributed by atoms with Crippen molar-refractivity contribution in [2.75, 3.05) is 26.2 Å². The van der Waals surface area contributed by atoms with E-state index in [4.69, 9.17) is 0 Å². The molecule has 0 aromatic heterocycles. The van der Waals surface area contributed by atoms with E-state index in [1.54, 1.807) is 0 Å². The molecule has 2 atom stereocenters. The quantitative estimate of drug-likeness (QED) is 0.595. The van der Waals surface area contributed by atoms with Gasteiger partial charge in [0.15, 0.2) is 0 Å². The third kappa shape index (κ3) is 5.46. The molecule has 0 aromatic rings. The average Bonchev–Trinajstić information content (AvgIpc) is 2.43. The van der Waals surface area contributed by atoms with E-state index in [1.165, 1.54) is 0 Å². The van der Waals surface area contributed by atoms with Gasteiger partial charge >= 0.3 is 0 Å². The number of hydrogen-bond donors (Lipinski definition) is 4. The molecule has 0 aromatic carbocycles. The van der Waals surface area contributed by atoms with Crippen LogP contribution in [0.4, 0.5) is 0 Å². The second kappa shape index (κ2) is 8.21. The first kappa shape index (κ1) is 16.9. The van der Waals surface area contributed by atoms with Crippen molar-refractivity contribution in [2.45, 2.75) is 39.8 Å². The van der Waals surface area contributed by atoms with Crippen molar-refractivity contribution >= 4 is 11.8 Å². The van der Waals surface area contributed by atoms with Crippen molar-refractivity contribution < 1.29 is 15.3 Å². The summed E-state index contributed by atoms with van der Waals surface area (Å²) >= 11 is 0. The predicted molar refractivity (Wildman–Crippen MR) is 87.7 cm³/mol. The minimum atomic E-state index is -0.351. The van der Waals surface area contributed by atoms with Gasteiger partial charge in [-0.1, -0.05) is 27.7 Å². The van der Waals surface area contributed by atoms with Gasteiger partial charge in [0.25, 0.3) is 0 Å². The van der Waals surface area contributed by atoms with Crippen molar-refractivity contribution in [3.8, 4) is 0 Å². The Kier molecular flexibility index (Phi) is 6.95. The number of amides is 2. The Balaban J connectivity index is -0.000000145. The summed E-state index contributed by atoms with van der Waals surface area (Å²) in [7, 11) is 0. The minimum absolute atomic E-state index is 0. The van der Waals surface area contributed by atoms with E-state index >= 15 is 0 Å². The summed E-state index contributed by atoms with van der Waals surface area (Å²) < 4.78 is 0. The van der Waals surface area contributed by atoms with Crippen LogP contribution in [0.2, 0.25) is 0 Å². The van der Waals surface area contributed by atoms with E-state index in [2.05, 4.69) is 35.1 Å². The maximum absolute atomic E-state index is 11.1. The number of rotatable bonds is 2. The van der Waals surface area contributed by atoms with Gasteiger partial charge in [-0.25, -0.2) is 0 Å². The molecule has 2 saturated heterocycles. The molecule has 6 heteroatoms. The molecule has 2 aliphatic heterocycles. The molecule has 124 valence electrons. The fourth-order valence-electron chi connectivity index (χ4n) is 2.18. The standard InChI is InChI=1S/C7H12N2O2.C7H16N2.4H2/c1-4(2)6-7(11)8-3-5(10)9-6;1-6(2)7-5-8-3-4-9-7;;;;/h4,6H,3H2,1-2H3,(H,8,11)(H,9,10);6-9H,3-5H2,1-2H3;4*1H/t6-;7-;;;;/m01..../s1. The van der Waals surface area contributed by atoms with Gasteiger partial charge in [0.2, 0.25) is 11.8 Å². The second-order valence-corrected chi connectivity index (χ2v) is 6.02. The van der Waals surface area contributed by atoms with Crippen LogP contribution in [0.25, 0.3) is 0 Å². The monoisotopic (exact) mass is 292 g/mol. The van der Waals surface area contributed by atoms with E-state index in [1.807, 2.05) is 13.8 Å². The van der Waals surface area contributed by atoms with Gasteiger partial charge in [0.1, 0.15) is 6.04 Å². The number of carbonyl (C=O) groups is 2. The highest BCUT2D eigenvalue weighted by Gasteiger charge is 2.27. The van der Waals surface area contributed by atoms with Gasteiger partial charge in [0, 0.05) is 31.4 Å². The lowest BCUT2D eigenvalue weighted by Crippen LogP contribution is -2.58. The van der Waals surface area contributed by atoms with Crippen LogP contribution < -0.4 is 21.3 Å². The molecule has 2 fully saturated rings. The first-order valence-electron chi connectivity index (χ1n) is 7.43. The molecular weight excluding hydrogens is 256 g/mol. The zero-order valence-electron chi connectivity index (χ0n) is 13.0. The van der Waals surface area contributed by atoms with Crippen molar-refractivity contribution in [3.63, 3.8) is 0 Å². The normalized spacial score (nSPS) is 26.7. The molecule has 2 rings (SSSR count). The summed E-state index contributed by atoms with van der Waals surface area (Å²) in [6, 6.07) is 0.343. The highest BCUT2D eigenvalue weighted by atomic mass is 16.2. The largest absolute Gasteiger partial charge is 0.345 e. The summed E-state index contributed by atoms with van der Waals surface area (Å²) in [6.45, 7) is 11.8. The Morgan fingerprint density at radius 3 is 2.20 bits per heavy atom. The lowest BCUT2D eigenvalue weighted by atomic mass is 10.0. The highest BCUT2D eigenvalue weighted by Crippen LogP contribution is 2.03. The molecule has 2 aliphatic rings.